The highest BCUT2D eigenvalue weighted by Gasteiger charge is 2.04. The number of nitrogen functional groups attached to an aromatic ring is 1. The molecule has 2 aromatic carbocycles. The molecule has 0 radical (unpaired) electrons. The fourth-order valence-corrected chi connectivity index (χ4v) is 2.82. The van der Waals surface area contributed by atoms with E-state index in [0.717, 1.165) is 37.2 Å². The number of hydrogen-bond donors (Lipinski definition) is 2. The number of benzene rings is 2. The van der Waals surface area contributed by atoms with Crippen LogP contribution in [0.25, 0.3) is 0 Å². The number of ether oxygens (including phenoxy) is 1. The van der Waals surface area contributed by atoms with Crippen LogP contribution in [0.1, 0.15) is 37.0 Å². The van der Waals surface area contributed by atoms with E-state index >= 15 is 0 Å². The molecule has 0 saturated carbocycles. The number of para-hydroxylation sites is 1. The Bertz CT molecular complexity index is 638. The van der Waals surface area contributed by atoms with Crippen LogP contribution < -0.4 is 15.8 Å². The van der Waals surface area contributed by atoms with Gasteiger partial charge in [0.2, 0.25) is 0 Å². The summed E-state index contributed by atoms with van der Waals surface area (Å²) in [5.74, 6) is 0.780. The molecule has 3 N–H and O–H groups in total. The van der Waals surface area contributed by atoms with E-state index in [9.17, 15) is 0 Å². The molecule has 0 saturated heterocycles. The largest absolute Gasteiger partial charge is 0.492 e. The van der Waals surface area contributed by atoms with Gasteiger partial charge in [0.15, 0.2) is 0 Å². The third-order valence-electron chi connectivity index (χ3n) is 4.06. The smallest absolute Gasteiger partial charge is 0.142 e. The first-order valence-electron chi connectivity index (χ1n) is 8.49. The van der Waals surface area contributed by atoms with Crippen molar-refractivity contribution in [2.24, 2.45) is 0 Å². The van der Waals surface area contributed by atoms with Crippen LogP contribution in [0.15, 0.2) is 36.4 Å². The Morgan fingerprint density at radius 3 is 2.65 bits per heavy atom. The van der Waals surface area contributed by atoms with E-state index in [2.05, 4.69) is 43.4 Å². The highest BCUT2D eigenvalue weighted by atomic mass is 16.5. The Morgan fingerprint density at radius 1 is 1.13 bits per heavy atom. The molecule has 0 aliphatic rings. The predicted molar refractivity (Wildman–Crippen MR) is 99.4 cm³/mol. The first-order valence-corrected chi connectivity index (χ1v) is 8.49. The lowest BCUT2D eigenvalue weighted by Crippen LogP contribution is -2.07. The molecule has 2 rings (SSSR count). The predicted octanol–water partition coefficient (Wildman–Crippen LogP) is 4.58. The molecule has 0 fully saturated rings. The van der Waals surface area contributed by atoms with Crippen molar-refractivity contribution < 1.29 is 4.74 Å². The van der Waals surface area contributed by atoms with Crippen LogP contribution in [0.4, 0.5) is 11.4 Å². The zero-order chi connectivity index (χ0) is 16.7. The molecular formula is C20H28N2O. The molecule has 0 spiro atoms. The van der Waals surface area contributed by atoms with E-state index in [1.54, 1.807) is 0 Å². The van der Waals surface area contributed by atoms with Crippen molar-refractivity contribution in [3.63, 3.8) is 0 Å². The summed E-state index contributed by atoms with van der Waals surface area (Å²) >= 11 is 0. The molecule has 0 aliphatic carbocycles. The standard InChI is InChI=1S/C20H28N2O/c1-4-17-10-6-8-15(3)20(17)22-13-7-9-16-11-12-19(23-5-2)18(21)14-16/h6,8,10-12,14,22H,4-5,7,9,13,21H2,1-3H3. The van der Waals surface area contributed by atoms with Crippen molar-refractivity contribution in [3.05, 3.63) is 53.1 Å². The van der Waals surface area contributed by atoms with E-state index in [1.807, 2.05) is 19.1 Å². The minimum Gasteiger partial charge on any atom is -0.492 e. The maximum absolute atomic E-state index is 6.02. The van der Waals surface area contributed by atoms with E-state index < -0.39 is 0 Å². The van der Waals surface area contributed by atoms with Gasteiger partial charge in [-0.3, -0.25) is 0 Å². The van der Waals surface area contributed by atoms with Crippen molar-refractivity contribution in [2.75, 3.05) is 24.2 Å². The van der Waals surface area contributed by atoms with Crippen molar-refractivity contribution in [1.29, 1.82) is 0 Å². The van der Waals surface area contributed by atoms with Gasteiger partial charge in [0, 0.05) is 12.2 Å². The van der Waals surface area contributed by atoms with Crippen LogP contribution in [-0.4, -0.2) is 13.2 Å². The molecule has 3 heteroatoms. The Kier molecular flexibility index (Phi) is 6.33. The van der Waals surface area contributed by atoms with Gasteiger partial charge in [-0.2, -0.15) is 0 Å². The SMILES string of the molecule is CCOc1ccc(CCCNc2c(C)cccc2CC)cc1N. The molecule has 0 heterocycles. The Morgan fingerprint density at radius 2 is 1.96 bits per heavy atom. The van der Waals surface area contributed by atoms with Gasteiger partial charge in [-0.15, -0.1) is 0 Å². The van der Waals surface area contributed by atoms with E-state index in [0.29, 0.717) is 6.61 Å². The second-order valence-corrected chi connectivity index (χ2v) is 5.80. The summed E-state index contributed by atoms with van der Waals surface area (Å²) in [7, 11) is 0. The number of aryl methyl sites for hydroxylation is 3. The molecule has 3 nitrogen and oxygen atoms in total. The third kappa shape index (κ3) is 4.65. The number of hydrogen-bond acceptors (Lipinski definition) is 3. The molecule has 124 valence electrons. The third-order valence-corrected chi connectivity index (χ3v) is 4.06. The monoisotopic (exact) mass is 312 g/mol. The van der Waals surface area contributed by atoms with Gasteiger partial charge in [-0.1, -0.05) is 31.2 Å². The van der Waals surface area contributed by atoms with Crippen molar-refractivity contribution in [2.45, 2.75) is 40.0 Å². The van der Waals surface area contributed by atoms with Crippen LogP contribution in [-0.2, 0) is 12.8 Å². The van der Waals surface area contributed by atoms with Gasteiger partial charge in [0.05, 0.1) is 12.3 Å². The van der Waals surface area contributed by atoms with Crippen LogP contribution in [0.3, 0.4) is 0 Å². The van der Waals surface area contributed by atoms with Gasteiger partial charge < -0.3 is 15.8 Å². The van der Waals surface area contributed by atoms with Gasteiger partial charge in [0.25, 0.3) is 0 Å². The maximum Gasteiger partial charge on any atom is 0.142 e. The summed E-state index contributed by atoms with van der Waals surface area (Å²) in [6.07, 6.45) is 3.14. The van der Waals surface area contributed by atoms with E-state index in [4.69, 9.17) is 10.5 Å². The van der Waals surface area contributed by atoms with Crippen LogP contribution in [0.5, 0.6) is 5.75 Å². The van der Waals surface area contributed by atoms with Crippen molar-refractivity contribution in [3.8, 4) is 5.75 Å². The average molecular weight is 312 g/mol. The van der Waals surface area contributed by atoms with Crippen LogP contribution in [0, 0.1) is 6.92 Å². The van der Waals surface area contributed by atoms with Crippen molar-refractivity contribution in [1.82, 2.24) is 0 Å². The van der Waals surface area contributed by atoms with Gasteiger partial charge >= 0.3 is 0 Å². The Balaban J connectivity index is 1.87. The average Bonchev–Trinajstić information content (AvgIpc) is 2.55. The molecule has 0 amide bonds. The number of anilines is 2. The lowest BCUT2D eigenvalue weighted by molar-refractivity contribution is 0.342. The normalized spacial score (nSPS) is 10.6. The van der Waals surface area contributed by atoms with Crippen LogP contribution >= 0.6 is 0 Å². The molecular weight excluding hydrogens is 284 g/mol. The minimum atomic E-state index is 0.643. The lowest BCUT2D eigenvalue weighted by atomic mass is 10.1. The van der Waals surface area contributed by atoms with Gasteiger partial charge in [-0.05, 0) is 61.9 Å². The molecule has 0 atom stereocenters. The van der Waals surface area contributed by atoms with Crippen molar-refractivity contribution >= 4 is 11.4 Å². The second-order valence-electron chi connectivity index (χ2n) is 5.80. The molecule has 23 heavy (non-hydrogen) atoms. The lowest BCUT2D eigenvalue weighted by Gasteiger charge is -2.14. The minimum absolute atomic E-state index is 0.643. The molecule has 0 unspecified atom stereocenters. The number of nitrogens with two attached hydrogens (primary N) is 1. The maximum atomic E-state index is 6.02. The molecule has 2 aromatic rings. The molecule has 0 aromatic heterocycles. The quantitative estimate of drug-likeness (QED) is 0.554. The highest BCUT2D eigenvalue weighted by Crippen LogP contribution is 2.24. The first kappa shape index (κ1) is 17.2. The fourth-order valence-electron chi connectivity index (χ4n) is 2.82. The molecule has 0 bridgehead atoms. The first-order chi connectivity index (χ1) is 11.2. The van der Waals surface area contributed by atoms with Crippen LogP contribution in [0.2, 0.25) is 0 Å². The Hall–Kier alpha value is -2.16. The zero-order valence-electron chi connectivity index (χ0n) is 14.5. The summed E-state index contributed by atoms with van der Waals surface area (Å²) in [4.78, 5) is 0. The molecule has 0 aliphatic heterocycles. The zero-order valence-corrected chi connectivity index (χ0v) is 14.5. The summed E-state index contributed by atoms with van der Waals surface area (Å²) in [6, 6.07) is 12.6. The van der Waals surface area contributed by atoms with E-state index in [1.165, 1.54) is 22.4 Å². The second kappa shape index (κ2) is 8.47. The Labute approximate surface area is 139 Å². The number of rotatable bonds is 8. The fraction of sp³-hybridized carbons (Fsp3) is 0.400. The van der Waals surface area contributed by atoms with Gasteiger partial charge in [0.1, 0.15) is 5.75 Å². The number of nitrogens with one attached hydrogen (secondary N) is 1. The summed E-state index contributed by atoms with van der Waals surface area (Å²) in [6.45, 7) is 7.93. The van der Waals surface area contributed by atoms with Gasteiger partial charge in [-0.25, -0.2) is 0 Å². The summed E-state index contributed by atoms with van der Waals surface area (Å²) in [5, 5.41) is 3.59. The highest BCUT2D eigenvalue weighted by molar-refractivity contribution is 5.57. The van der Waals surface area contributed by atoms with E-state index in [-0.39, 0.29) is 0 Å². The topological polar surface area (TPSA) is 47.3 Å². The summed E-state index contributed by atoms with van der Waals surface area (Å²) < 4.78 is 5.48. The summed E-state index contributed by atoms with van der Waals surface area (Å²) in [5.41, 5.74) is 12.0.